The van der Waals surface area contributed by atoms with E-state index in [0.29, 0.717) is 0 Å². The lowest BCUT2D eigenvalue weighted by Crippen LogP contribution is -3.11. The second-order valence-electron chi connectivity index (χ2n) is 6.76. The van der Waals surface area contributed by atoms with Gasteiger partial charge in [-0.3, -0.25) is 4.90 Å². The predicted molar refractivity (Wildman–Crippen MR) is 103 cm³/mol. The number of benzene rings is 1. The number of rotatable bonds is 3. The number of fused-ring (bicyclic) bond motifs is 3. The predicted octanol–water partition coefficient (Wildman–Crippen LogP) is -1.23. The van der Waals surface area contributed by atoms with E-state index in [1.807, 2.05) is 24.3 Å². The molecule has 28 heavy (non-hydrogen) atoms. The lowest BCUT2D eigenvalue weighted by Gasteiger charge is -2.31. The molecule has 8 heteroatoms. The Hall–Kier alpha value is -2.77. The third-order valence-corrected chi connectivity index (χ3v) is 5.11. The molecule has 7 nitrogen and oxygen atoms in total. The summed E-state index contributed by atoms with van der Waals surface area (Å²) in [7, 11) is 0. The minimum absolute atomic E-state index is 0. The topological polar surface area (TPSA) is 72.4 Å². The maximum atomic E-state index is 6.15. The Labute approximate surface area is 168 Å². The van der Waals surface area contributed by atoms with Crippen molar-refractivity contribution in [2.24, 2.45) is 0 Å². The number of aryl methyl sites for hydroxylation is 1. The Kier molecular flexibility index (Phi) is 5.11. The molecular weight excluding hydrogens is 376 g/mol. The van der Waals surface area contributed by atoms with E-state index in [1.54, 1.807) is 12.4 Å². The minimum Gasteiger partial charge on any atom is -1.00 e. The zero-order valence-electron chi connectivity index (χ0n) is 15.6. The van der Waals surface area contributed by atoms with Gasteiger partial charge in [0.1, 0.15) is 30.0 Å². The van der Waals surface area contributed by atoms with E-state index in [9.17, 15) is 0 Å². The van der Waals surface area contributed by atoms with Crippen LogP contribution in [0.2, 0.25) is 0 Å². The summed E-state index contributed by atoms with van der Waals surface area (Å²) in [6.07, 6.45) is 4.40. The third kappa shape index (κ3) is 3.16. The van der Waals surface area contributed by atoms with Crippen LogP contribution in [0.4, 0.5) is 11.8 Å². The monoisotopic (exact) mass is 396 g/mol. The number of quaternary nitrogens is 1. The van der Waals surface area contributed by atoms with Crippen LogP contribution in [-0.4, -0.2) is 46.1 Å². The summed E-state index contributed by atoms with van der Waals surface area (Å²) in [5.74, 6) is 2.62. The molecule has 0 atom stereocenters. The van der Waals surface area contributed by atoms with E-state index in [2.05, 4.69) is 27.9 Å². The molecule has 0 saturated carbocycles. The van der Waals surface area contributed by atoms with Gasteiger partial charge in [-0.2, -0.15) is 9.97 Å². The first-order valence-electron chi connectivity index (χ1n) is 9.38. The molecule has 0 spiro atoms. The van der Waals surface area contributed by atoms with Crippen molar-refractivity contribution in [1.82, 2.24) is 19.9 Å². The van der Waals surface area contributed by atoms with Crippen LogP contribution in [-0.2, 0) is 6.42 Å². The largest absolute Gasteiger partial charge is 1.00 e. The highest BCUT2D eigenvalue weighted by molar-refractivity contribution is 6.05. The standard InChI is InChI=1S/C20H20N6O.ClH/c1-2-16-23-17-14-6-3-4-7-15(14)27-18(17)19(24-16)25-10-12-26(13-11-25)20-21-8-5-9-22-20;/h3-9H,2,10-13H2,1H3;1H. The molecular formula is C20H21ClN6O. The maximum absolute atomic E-state index is 6.15. The summed E-state index contributed by atoms with van der Waals surface area (Å²) < 4.78 is 6.15. The molecule has 5 rings (SSSR count). The van der Waals surface area contributed by atoms with Gasteiger partial charge in [0.2, 0.25) is 0 Å². The van der Waals surface area contributed by atoms with Crippen molar-refractivity contribution in [3.05, 3.63) is 48.5 Å². The average molecular weight is 397 g/mol. The second-order valence-corrected chi connectivity index (χ2v) is 6.76. The van der Waals surface area contributed by atoms with Gasteiger partial charge in [0.25, 0.3) is 0 Å². The molecule has 1 aromatic carbocycles. The molecule has 0 amide bonds. The van der Waals surface area contributed by atoms with Gasteiger partial charge in [-0.05, 0) is 18.2 Å². The summed E-state index contributed by atoms with van der Waals surface area (Å²) in [6.45, 7) is 5.69. The van der Waals surface area contributed by atoms with Crippen LogP contribution in [0, 0.1) is 0 Å². The van der Waals surface area contributed by atoms with Crippen molar-refractivity contribution >= 4 is 33.8 Å². The lowest BCUT2D eigenvalue weighted by molar-refractivity contribution is -0.838. The summed E-state index contributed by atoms with van der Waals surface area (Å²) in [5, 5.41) is 1.05. The Bertz CT molecular complexity index is 1090. The van der Waals surface area contributed by atoms with Crippen LogP contribution in [0.1, 0.15) is 12.7 Å². The molecule has 1 aliphatic heterocycles. The zero-order valence-corrected chi connectivity index (χ0v) is 16.4. The number of furan rings is 1. The van der Waals surface area contributed by atoms with Gasteiger partial charge in [-0.25, -0.2) is 9.97 Å². The first-order chi connectivity index (χ1) is 13.3. The SMILES string of the molecule is CCc1nc(N2CC[NH+](c3ncccn3)CC2)c2oc3ccccc3c2n1.[Cl-]. The highest BCUT2D eigenvalue weighted by Crippen LogP contribution is 2.33. The smallest absolute Gasteiger partial charge is 0.327 e. The summed E-state index contributed by atoms with van der Waals surface area (Å²) >= 11 is 0. The Balaban J connectivity index is 0.00000192. The van der Waals surface area contributed by atoms with E-state index in [1.165, 1.54) is 4.90 Å². The van der Waals surface area contributed by atoms with Gasteiger partial charge in [0, 0.05) is 24.2 Å². The fourth-order valence-electron chi connectivity index (χ4n) is 3.69. The molecule has 144 valence electrons. The third-order valence-electron chi connectivity index (χ3n) is 5.11. The van der Waals surface area contributed by atoms with Gasteiger partial charge in [-0.15, -0.1) is 0 Å². The van der Waals surface area contributed by atoms with Gasteiger partial charge >= 0.3 is 5.95 Å². The number of nitrogens with zero attached hydrogens (tertiary/aromatic N) is 5. The summed E-state index contributed by atoms with van der Waals surface area (Å²) in [6, 6.07) is 9.91. The first-order valence-corrected chi connectivity index (χ1v) is 9.38. The van der Waals surface area contributed by atoms with E-state index < -0.39 is 0 Å². The molecule has 4 aromatic rings. The molecule has 0 aliphatic carbocycles. The number of hydrogen-bond acceptors (Lipinski definition) is 6. The fourth-order valence-corrected chi connectivity index (χ4v) is 3.69. The zero-order chi connectivity index (χ0) is 18.2. The number of halogens is 1. The maximum Gasteiger partial charge on any atom is 0.327 e. The van der Waals surface area contributed by atoms with Crippen molar-refractivity contribution in [3.63, 3.8) is 0 Å². The van der Waals surface area contributed by atoms with Crippen LogP contribution >= 0.6 is 0 Å². The summed E-state index contributed by atoms with van der Waals surface area (Å²) in [5.41, 5.74) is 2.56. The molecule has 4 heterocycles. The van der Waals surface area contributed by atoms with Crippen LogP contribution < -0.4 is 22.2 Å². The number of nitrogens with one attached hydrogen (secondary N) is 1. The highest BCUT2D eigenvalue weighted by Gasteiger charge is 2.27. The minimum atomic E-state index is 0. The summed E-state index contributed by atoms with van der Waals surface area (Å²) in [4.78, 5) is 22.0. The van der Waals surface area contributed by atoms with E-state index in [4.69, 9.17) is 14.4 Å². The van der Waals surface area contributed by atoms with Gasteiger partial charge in [-0.1, -0.05) is 19.1 Å². The highest BCUT2D eigenvalue weighted by atomic mass is 35.5. The number of hydrogen-bond donors (Lipinski definition) is 1. The van der Waals surface area contributed by atoms with Gasteiger partial charge in [0.15, 0.2) is 11.4 Å². The van der Waals surface area contributed by atoms with Crippen molar-refractivity contribution < 1.29 is 21.7 Å². The molecule has 1 saturated heterocycles. The van der Waals surface area contributed by atoms with Crippen LogP contribution in [0.3, 0.4) is 0 Å². The van der Waals surface area contributed by atoms with Crippen molar-refractivity contribution in [3.8, 4) is 0 Å². The lowest BCUT2D eigenvalue weighted by atomic mass is 10.2. The van der Waals surface area contributed by atoms with Crippen molar-refractivity contribution in [1.29, 1.82) is 0 Å². The Morgan fingerprint density at radius 3 is 2.54 bits per heavy atom. The van der Waals surface area contributed by atoms with E-state index in [-0.39, 0.29) is 12.4 Å². The Morgan fingerprint density at radius 1 is 1.04 bits per heavy atom. The normalized spacial score (nSPS) is 15.1. The number of para-hydroxylation sites is 1. The molecule has 0 unspecified atom stereocenters. The molecule has 1 N–H and O–H groups in total. The molecule has 1 aliphatic rings. The van der Waals surface area contributed by atoms with Crippen LogP contribution in [0.15, 0.2) is 47.1 Å². The molecule has 1 fully saturated rings. The van der Waals surface area contributed by atoms with Crippen LogP contribution in [0.5, 0.6) is 0 Å². The molecule has 3 aromatic heterocycles. The quantitative estimate of drug-likeness (QED) is 0.467. The van der Waals surface area contributed by atoms with Crippen molar-refractivity contribution in [2.75, 3.05) is 31.1 Å². The molecule has 0 radical (unpaired) electrons. The first kappa shape index (κ1) is 18.6. The fraction of sp³-hybridized carbons (Fsp3) is 0.300. The van der Waals surface area contributed by atoms with E-state index >= 15 is 0 Å². The number of piperazine rings is 1. The van der Waals surface area contributed by atoms with Crippen LogP contribution in [0.25, 0.3) is 22.1 Å². The Morgan fingerprint density at radius 2 is 1.79 bits per heavy atom. The average Bonchev–Trinajstić information content (AvgIpc) is 3.12. The second kappa shape index (κ2) is 7.69. The number of anilines is 1. The van der Waals surface area contributed by atoms with Crippen molar-refractivity contribution in [2.45, 2.75) is 13.3 Å². The van der Waals surface area contributed by atoms with Gasteiger partial charge < -0.3 is 21.7 Å². The number of aromatic nitrogens is 4. The molecule has 0 bridgehead atoms. The van der Waals surface area contributed by atoms with Gasteiger partial charge in [0.05, 0.1) is 13.1 Å². The van der Waals surface area contributed by atoms with E-state index in [0.717, 1.165) is 72.3 Å².